The van der Waals surface area contributed by atoms with Gasteiger partial charge in [-0.2, -0.15) is 0 Å². The Bertz CT molecular complexity index is 1430. The molecule has 3 aromatic rings. The molecule has 0 bridgehead atoms. The van der Waals surface area contributed by atoms with Crippen molar-refractivity contribution < 1.29 is 28.9 Å². The fourth-order valence-corrected chi connectivity index (χ4v) is 6.03. The Hall–Kier alpha value is -4.24. The quantitative estimate of drug-likeness (QED) is 0.137. The van der Waals surface area contributed by atoms with Gasteiger partial charge in [-0.05, 0) is 6.07 Å². The molecular weight excluding hydrogens is 520 g/mol. The van der Waals surface area contributed by atoms with E-state index in [4.69, 9.17) is 10.6 Å². The molecule has 2 atom stereocenters. The number of carboxylic acids is 1. The molecule has 1 unspecified atom stereocenters. The Kier molecular flexibility index (Phi) is 6.62. The molecule has 2 amide bonds. The zero-order valence-electron chi connectivity index (χ0n) is 19.3. The highest BCUT2D eigenvalue weighted by atomic mass is 32.2. The maximum absolute atomic E-state index is 13.3. The van der Waals surface area contributed by atoms with Gasteiger partial charge in [0.1, 0.15) is 29.7 Å². The van der Waals surface area contributed by atoms with Gasteiger partial charge < -0.3 is 26.0 Å². The Labute approximate surface area is 218 Å². The van der Waals surface area contributed by atoms with E-state index >= 15 is 0 Å². The van der Waals surface area contributed by atoms with E-state index in [-0.39, 0.29) is 41.1 Å². The van der Waals surface area contributed by atoms with Gasteiger partial charge >= 0.3 is 5.97 Å². The zero-order chi connectivity index (χ0) is 26.1. The number of H-pyrrole nitrogens is 1. The van der Waals surface area contributed by atoms with Crippen LogP contribution in [0, 0.1) is 0 Å². The van der Waals surface area contributed by atoms with Crippen LogP contribution in [0.25, 0.3) is 11.4 Å². The minimum atomic E-state index is -1.26. The van der Waals surface area contributed by atoms with Crippen molar-refractivity contribution in [1.82, 2.24) is 25.2 Å². The number of amides is 2. The number of aliphatic carboxylic acids is 1. The third-order valence-corrected chi connectivity index (χ3v) is 7.71. The molecule has 15 heteroatoms. The molecule has 37 heavy (non-hydrogen) atoms. The number of carboxylic acid groups (broad SMARTS) is 1. The number of nitrogens with two attached hydrogens (primary N) is 1. The summed E-state index contributed by atoms with van der Waals surface area (Å²) < 4.78 is 1.77. The number of oxime groups is 1. The van der Waals surface area contributed by atoms with Crippen molar-refractivity contribution in [2.75, 3.05) is 12.8 Å². The topological polar surface area (TPSA) is 180 Å². The number of carbonyl (C=O) groups is 3. The lowest BCUT2D eigenvalue weighted by atomic mass is 10.1. The van der Waals surface area contributed by atoms with Gasteiger partial charge in [-0.25, -0.2) is 19.3 Å². The zero-order valence-corrected chi connectivity index (χ0v) is 21.0. The van der Waals surface area contributed by atoms with Crippen LogP contribution in [-0.2, 0) is 25.8 Å². The number of rotatable bonds is 8. The summed E-state index contributed by atoms with van der Waals surface area (Å²) in [5, 5.41) is 17.4. The van der Waals surface area contributed by atoms with Crippen molar-refractivity contribution in [3.05, 3.63) is 59.3 Å². The smallest absolute Gasteiger partial charge is 0.352 e. The Balaban J connectivity index is 1.51. The number of carbonyl (C=O) groups excluding carboxylic acids is 2. The van der Waals surface area contributed by atoms with Crippen LogP contribution in [0.15, 0.2) is 58.7 Å². The standard InChI is InChI=1S/C22H20N8O5S2/c1-35-28-16(13-10-36-22(23)26-13)19(32)27-20-12(17(21(33)34)30-14(31)7-15(30)37-20)9-29-6-2-3-11(8-29)18-24-4-5-25-18/h2-6,8,10,15,20H,7,9H2,1H3,(H4-,23,24,25,26,27,32,33,34)/p+1/b28-16-/t15-,20?/m1/s1. The molecule has 5 rings (SSSR count). The molecule has 0 aromatic carbocycles. The van der Waals surface area contributed by atoms with Crippen molar-refractivity contribution in [2.24, 2.45) is 5.16 Å². The van der Waals surface area contributed by atoms with Crippen LogP contribution in [0.4, 0.5) is 5.13 Å². The minimum Gasteiger partial charge on any atom is -0.477 e. The van der Waals surface area contributed by atoms with Crippen LogP contribution in [-0.4, -0.2) is 66.3 Å². The van der Waals surface area contributed by atoms with Gasteiger partial charge in [0, 0.05) is 23.8 Å². The number of aromatic nitrogens is 4. The largest absolute Gasteiger partial charge is 0.477 e. The van der Waals surface area contributed by atoms with Crippen molar-refractivity contribution >= 4 is 51.7 Å². The molecule has 0 saturated carbocycles. The van der Waals surface area contributed by atoms with E-state index in [1.807, 2.05) is 6.07 Å². The first-order valence-corrected chi connectivity index (χ1v) is 12.7. The lowest BCUT2D eigenvalue weighted by Crippen LogP contribution is -2.59. The number of pyridine rings is 1. The molecule has 0 aliphatic carbocycles. The Morgan fingerprint density at radius 2 is 2.30 bits per heavy atom. The number of imidazole rings is 1. The van der Waals surface area contributed by atoms with Crippen molar-refractivity contribution in [1.29, 1.82) is 0 Å². The molecule has 190 valence electrons. The number of hydrogen-bond acceptors (Lipinski definition) is 10. The highest BCUT2D eigenvalue weighted by Crippen LogP contribution is 2.43. The average Bonchev–Trinajstić information content (AvgIpc) is 3.55. The number of nitrogens with zero attached hydrogens (tertiary/aromatic N) is 5. The summed E-state index contributed by atoms with van der Waals surface area (Å²) in [5.41, 5.74) is 6.81. The molecule has 13 nitrogen and oxygen atoms in total. The maximum atomic E-state index is 13.3. The number of fused-ring (bicyclic) bond motifs is 1. The van der Waals surface area contributed by atoms with E-state index in [2.05, 4.69) is 25.4 Å². The van der Waals surface area contributed by atoms with Gasteiger partial charge in [0.2, 0.25) is 5.91 Å². The van der Waals surface area contributed by atoms with Gasteiger partial charge in [-0.15, -0.1) is 23.1 Å². The van der Waals surface area contributed by atoms with Gasteiger partial charge in [0.25, 0.3) is 5.91 Å². The summed E-state index contributed by atoms with van der Waals surface area (Å²) in [6.45, 7) is 0.0883. The van der Waals surface area contributed by atoms with Gasteiger partial charge in [0.15, 0.2) is 29.8 Å². The molecular formula is C22H21N8O5S2+. The molecule has 2 aliphatic rings. The van der Waals surface area contributed by atoms with Gasteiger partial charge in [0.05, 0.1) is 22.9 Å². The maximum Gasteiger partial charge on any atom is 0.352 e. The van der Waals surface area contributed by atoms with Crippen LogP contribution in [0.2, 0.25) is 0 Å². The van der Waals surface area contributed by atoms with E-state index < -0.39 is 22.6 Å². The monoisotopic (exact) mass is 541 g/mol. The number of β-lactam (4-membered cyclic amide) rings is 1. The molecule has 1 saturated heterocycles. The summed E-state index contributed by atoms with van der Waals surface area (Å²) in [6, 6.07) is 3.66. The Morgan fingerprint density at radius 1 is 1.46 bits per heavy atom. The predicted octanol–water partition coefficient (Wildman–Crippen LogP) is 0.540. The van der Waals surface area contributed by atoms with Crippen LogP contribution in [0.3, 0.4) is 0 Å². The molecule has 5 N–H and O–H groups in total. The highest BCUT2D eigenvalue weighted by Gasteiger charge is 2.50. The summed E-state index contributed by atoms with van der Waals surface area (Å²) in [4.78, 5) is 55.5. The highest BCUT2D eigenvalue weighted by molar-refractivity contribution is 8.00. The third-order valence-electron chi connectivity index (χ3n) is 5.67. The lowest BCUT2D eigenvalue weighted by Gasteiger charge is -2.46. The summed E-state index contributed by atoms with van der Waals surface area (Å²) >= 11 is 2.42. The van der Waals surface area contributed by atoms with E-state index in [9.17, 15) is 19.5 Å². The molecule has 0 radical (unpaired) electrons. The normalized spacial score (nSPS) is 19.3. The number of aromatic amines is 1. The van der Waals surface area contributed by atoms with E-state index in [0.29, 0.717) is 11.4 Å². The van der Waals surface area contributed by atoms with E-state index in [1.54, 1.807) is 40.8 Å². The predicted molar refractivity (Wildman–Crippen MR) is 134 cm³/mol. The first-order valence-electron chi connectivity index (χ1n) is 10.9. The molecule has 2 aliphatic heterocycles. The fourth-order valence-electron chi connectivity index (χ4n) is 4.06. The van der Waals surface area contributed by atoms with Crippen molar-refractivity contribution in [3.63, 3.8) is 0 Å². The van der Waals surface area contributed by atoms with Crippen molar-refractivity contribution in [2.45, 2.75) is 23.7 Å². The molecule has 5 heterocycles. The number of hydrogen-bond donors (Lipinski definition) is 4. The molecule has 1 fully saturated rings. The first kappa shape index (κ1) is 24.5. The second kappa shape index (κ2) is 10.0. The summed E-state index contributed by atoms with van der Waals surface area (Å²) in [5.74, 6) is -1.52. The molecule has 3 aromatic heterocycles. The Morgan fingerprint density at radius 3 is 2.95 bits per heavy atom. The first-order chi connectivity index (χ1) is 17.9. The van der Waals surface area contributed by atoms with Crippen LogP contribution >= 0.6 is 23.1 Å². The fraction of sp³-hybridized carbons (Fsp3) is 0.227. The summed E-state index contributed by atoms with van der Waals surface area (Å²) in [7, 11) is 1.30. The second-order valence-electron chi connectivity index (χ2n) is 7.99. The van der Waals surface area contributed by atoms with Gasteiger partial charge in [-0.1, -0.05) is 5.16 Å². The number of thiazole rings is 1. The lowest BCUT2D eigenvalue weighted by molar-refractivity contribution is -0.688. The molecule has 0 spiro atoms. The van der Waals surface area contributed by atoms with Crippen LogP contribution in [0.1, 0.15) is 12.1 Å². The summed E-state index contributed by atoms with van der Waals surface area (Å²) in [6.07, 6.45) is 7.07. The van der Waals surface area contributed by atoms with Gasteiger partial charge in [-0.3, -0.25) is 14.5 Å². The van der Waals surface area contributed by atoms with Crippen LogP contribution < -0.4 is 15.6 Å². The van der Waals surface area contributed by atoms with Crippen LogP contribution in [0.5, 0.6) is 0 Å². The minimum absolute atomic E-state index is 0.0883. The van der Waals surface area contributed by atoms with E-state index in [0.717, 1.165) is 16.9 Å². The SMILES string of the molecule is CO/N=C(\C(=O)NC1S[C@@H]2CC(=O)N2C(C(=O)O)=C1C[n+]1cccc(-c2ncc[nH]2)c1)c1csc(N)n1. The number of anilines is 1. The van der Waals surface area contributed by atoms with Crippen molar-refractivity contribution in [3.8, 4) is 11.4 Å². The van der Waals surface area contributed by atoms with E-state index in [1.165, 1.54) is 23.8 Å². The number of thioether (sulfide) groups is 1. The number of nitrogen functional groups attached to an aromatic ring is 1. The number of nitrogens with one attached hydrogen (secondary N) is 2. The second-order valence-corrected chi connectivity index (χ2v) is 10.2. The average molecular weight is 542 g/mol. The third kappa shape index (κ3) is 4.77.